The summed E-state index contributed by atoms with van der Waals surface area (Å²) in [6, 6.07) is 0. The number of rotatable bonds is 2. The third-order valence-corrected chi connectivity index (χ3v) is 0.902. The summed E-state index contributed by atoms with van der Waals surface area (Å²) < 4.78 is 4.82. The predicted molar refractivity (Wildman–Crippen MR) is 40.9 cm³/mol. The van der Waals surface area contributed by atoms with Crippen molar-refractivity contribution in [3.8, 4) is 0 Å². The minimum atomic E-state index is -1.20. The van der Waals surface area contributed by atoms with Crippen molar-refractivity contribution in [3.05, 3.63) is 0 Å². The van der Waals surface area contributed by atoms with Crippen molar-refractivity contribution in [1.82, 2.24) is 0 Å². The van der Waals surface area contributed by atoms with Crippen molar-refractivity contribution in [2.75, 3.05) is 6.54 Å². The number of esters is 1. The number of carbonyl (C=O) groups is 1. The van der Waals surface area contributed by atoms with Crippen LogP contribution in [0.2, 0.25) is 0 Å². The molecule has 1 atom stereocenters. The van der Waals surface area contributed by atoms with Crippen molar-refractivity contribution in [1.29, 1.82) is 0 Å². The second kappa shape index (κ2) is 3.69. The molecule has 0 fully saturated rings. The van der Waals surface area contributed by atoms with Gasteiger partial charge in [0.15, 0.2) is 6.10 Å². The van der Waals surface area contributed by atoms with E-state index in [-0.39, 0.29) is 6.54 Å². The first-order chi connectivity index (χ1) is 4.87. The van der Waals surface area contributed by atoms with E-state index in [1.54, 1.807) is 20.8 Å². The fraction of sp³-hybridized carbons (Fsp3) is 0.857. The Morgan fingerprint density at radius 2 is 2.09 bits per heavy atom. The zero-order valence-corrected chi connectivity index (χ0v) is 7.13. The van der Waals surface area contributed by atoms with E-state index in [0.29, 0.717) is 0 Å². The fourth-order valence-corrected chi connectivity index (χ4v) is 0.466. The highest BCUT2D eigenvalue weighted by atomic mass is 16.6. The van der Waals surface area contributed by atoms with Crippen molar-refractivity contribution < 1.29 is 14.6 Å². The van der Waals surface area contributed by atoms with Gasteiger partial charge in [-0.15, -0.1) is 0 Å². The van der Waals surface area contributed by atoms with E-state index in [0.717, 1.165) is 0 Å². The zero-order valence-electron chi connectivity index (χ0n) is 7.13. The standard InChI is InChI=1S/C7H15NO3/c1-7(2,3)11-6(10)5(9)4-8/h5,9H,4,8H2,1-3H3/t5-/m1/s1. The van der Waals surface area contributed by atoms with Crippen LogP contribution in [0, 0.1) is 0 Å². The van der Waals surface area contributed by atoms with E-state index in [4.69, 9.17) is 15.6 Å². The normalized spacial score (nSPS) is 14.3. The Balaban J connectivity index is 3.88. The molecule has 3 N–H and O–H groups in total. The van der Waals surface area contributed by atoms with Crippen LogP contribution in [0.4, 0.5) is 0 Å². The summed E-state index contributed by atoms with van der Waals surface area (Å²) in [5.74, 6) is -0.667. The first-order valence-electron chi connectivity index (χ1n) is 3.48. The Bertz CT molecular complexity index is 139. The molecule has 0 saturated heterocycles. The molecule has 0 aromatic rings. The molecule has 0 radical (unpaired) electrons. The molecule has 4 heteroatoms. The molecule has 66 valence electrons. The maximum atomic E-state index is 10.8. The van der Waals surface area contributed by atoms with E-state index in [9.17, 15) is 4.79 Å². The molecule has 0 aliphatic heterocycles. The van der Waals surface area contributed by atoms with Gasteiger partial charge in [0, 0.05) is 6.54 Å². The summed E-state index contributed by atoms with van der Waals surface area (Å²) in [5.41, 5.74) is 4.48. The molecule has 0 heterocycles. The molecule has 0 aliphatic rings. The molecule has 0 rings (SSSR count). The molecule has 11 heavy (non-hydrogen) atoms. The van der Waals surface area contributed by atoms with E-state index < -0.39 is 17.7 Å². The van der Waals surface area contributed by atoms with Crippen LogP contribution >= 0.6 is 0 Å². The van der Waals surface area contributed by atoms with Gasteiger partial charge in [-0.3, -0.25) is 0 Å². The highest BCUT2D eigenvalue weighted by Gasteiger charge is 2.21. The lowest BCUT2D eigenvalue weighted by Crippen LogP contribution is -2.36. The lowest BCUT2D eigenvalue weighted by molar-refractivity contribution is -0.164. The van der Waals surface area contributed by atoms with Gasteiger partial charge in [-0.2, -0.15) is 0 Å². The number of aliphatic hydroxyl groups is 1. The third kappa shape index (κ3) is 4.75. The Kier molecular flexibility index (Phi) is 3.48. The predicted octanol–water partition coefficient (Wildman–Crippen LogP) is -0.352. The monoisotopic (exact) mass is 161 g/mol. The summed E-state index contributed by atoms with van der Waals surface area (Å²) in [5, 5.41) is 8.89. The van der Waals surface area contributed by atoms with Gasteiger partial charge in [-0.05, 0) is 20.8 Å². The molecule has 0 spiro atoms. The SMILES string of the molecule is CC(C)(C)OC(=O)[C@H](O)CN. The summed E-state index contributed by atoms with van der Waals surface area (Å²) in [7, 11) is 0. The molecule has 0 aromatic heterocycles. The van der Waals surface area contributed by atoms with Crippen LogP contribution in [-0.4, -0.2) is 29.3 Å². The first-order valence-corrected chi connectivity index (χ1v) is 3.48. The number of ether oxygens (including phenoxy) is 1. The fourth-order valence-electron chi connectivity index (χ4n) is 0.466. The summed E-state index contributed by atoms with van der Waals surface area (Å²) in [6.45, 7) is 5.09. The molecule has 0 unspecified atom stereocenters. The van der Waals surface area contributed by atoms with Crippen LogP contribution in [0.1, 0.15) is 20.8 Å². The van der Waals surface area contributed by atoms with Crippen LogP contribution in [-0.2, 0) is 9.53 Å². The molecule has 0 aromatic carbocycles. The van der Waals surface area contributed by atoms with Gasteiger partial charge in [0.1, 0.15) is 5.60 Å². The quantitative estimate of drug-likeness (QED) is 0.543. The van der Waals surface area contributed by atoms with Gasteiger partial charge < -0.3 is 15.6 Å². The van der Waals surface area contributed by atoms with Gasteiger partial charge in [-0.25, -0.2) is 4.79 Å². The summed E-state index contributed by atoms with van der Waals surface area (Å²) in [6.07, 6.45) is -1.20. The minimum Gasteiger partial charge on any atom is -0.458 e. The minimum absolute atomic E-state index is 0.102. The average Bonchev–Trinajstić information content (AvgIpc) is 1.82. The van der Waals surface area contributed by atoms with Gasteiger partial charge >= 0.3 is 5.97 Å². The van der Waals surface area contributed by atoms with E-state index in [1.807, 2.05) is 0 Å². The van der Waals surface area contributed by atoms with E-state index in [2.05, 4.69) is 0 Å². The third-order valence-electron chi connectivity index (χ3n) is 0.902. The lowest BCUT2D eigenvalue weighted by Gasteiger charge is -2.20. The Morgan fingerprint density at radius 3 is 2.36 bits per heavy atom. The average molecular weight is 161 g/mol. The highest BCUT2D eigenvalue weighted by molar-refractivity contribution is 5.74. The van der Waals surface area contributed by atoms with Crippen LogP contribution in [0.25, 0.3) is 0 Å². The molecule has 0 amide bonds. The molecule has 0 saturated carbocycles. The smallest absolute Gasteiger partial charge is 0.336 e. The van der Waals surface area contributed by atoms with Crippen LogP contribution in [0.5, 0.6) is 0 Å². The topological polar surface area (TPSA) is 72.5 Å². The van der Waals surface area contributed by atoms with Gasteiger partial charge in [-0.1, -0.05) is 0 Å². The molecule has 4 nitrogen and oxygen atoms in total. The molecule has 0 bridgehead atoms. The van der Waals surface area contributed by atoms with Crippen LogP contribution in [0.3, 0.4) is 0 Å². The number of hydrogen-bond acceptors (Lipinski definition) is 4. The van der Waals surface area contributed by atoms with Gasteiger partial charge in [0.2, 0.25) is 0 Å². The Labute approximate surface area is 66.3 Å². The summed E-state index contributed by atoms with van der Waals surface area (Å²) >= 11 is 0. The van der Waals surface area contributed by atoms with Crippen molar-refractivity contribution in [2.24, 2.45) is 5.73 Å². The number of nitrogens with two attached hydrogens (primary N) is 1. The van der Waals surface area contributed by atoms with E-state index in [1.165, 1.54) is 0 Å². The molecule has 0 aliphatic carbocycles. The number of hydrogen-bond donors (Lipinski definition) is 2. The second-order valence-electron chi connectivity index (χ2n) is 3.28. The highest BCUT2D eigenvalue weighted by Crippen LogP contribution is 2.07. The summed E-state index contributed by atoms with van der Waals surface area (Å²) in [4.78, 5) is 10.8. The second-order valence-corrected chi connectivity index (χ2v) is 3.28. The lowest BCUT2D eigenvalue weighted by atomic mass is 10.2. The van der Waals surface area contributed by atoms with Crippen molar-refractivity contribution in [3.63, 3.8) is 0 Å². The molecular formula is C7H15NO3. The zero-order chi connectivity index (χ0) is 9.07. The van der Waals surface area contributed by atoms with Crippen LogP contribution in [0.15, 0.2) is 0 Å². The Morgan fingerprint density at radius 1 is 1.64 bits per heavy atom. The maximum Gasteiger partial charge on any atom is 0.336 e. The number of aliphatic hydroxyl groups excluding tert-OH is 1. The maximum absolute atomic E-state index is 10.8. The number of carbonyl (C=O) groups excluding carboxylic acids is 1. The van der Waals surface area contributed by atoms with Crippen LogP contribution < -0.4 is 5.73 Å². The van der Waals surface area contributed by atoms with E-state index >= 15 is 0 Å². The van der Waals surface area contributed by atoms with Crippen molar-refractivity contribution in [2.45, 2.75) is 32.5 Å². The first kappa shape index (κ1) is 10.4. The Hall–Kier alpha value is -0.610. The van der Waals surface area contributed by atoms with Gasteiger partial charge in [0.05, 0.1) is 0 Å². The van der Waals surface area contributed by atoms with Crippen molar-refractivity contribution >= 4 is 5.97 Å². The molecular weight excluding hydrogens is 146 g/mol. The van der Waals surface area contributed by atoms with Gasteiger partial charge in [0.25, 0.3) is 0 Å². The largest absolute Gasteiger partial charge is 0.458 e.